The Hall–Kier alpha value is -2.37. The van der Waals surface area contributed by atoms with Crippen molar-refractivity contribution < 1.29 is 0 Å². The van der Waals surface area contributed by atoms with Crippen molar-refractivity contribution in [2.75, 3.05) is 16.8 Å². The highest BCUT2D eigenvalue weighted by Crippen LogP contribution is 2.33. The molecule has 0 bridgehead atoms. The lowest BCUT2D eigenvalue weighted by atomic mass is 10.2. The fourth-order valence-electron chi connectivity index (χ4n) is 2.77. The molecule has 2 aromatic carbocycles. The molecule has 0 spiro atoms. The maximum Gasteiger partial charge on any atom is 0.249 e. The number of para-hydroxylation sites is 1. The number of nitrogens with one attached hydrogen (secondary N) is 1. The summed E-state index contributed by atoms with van der Waals surface area (Å²) in [7, 11) is 0. The van der Waals surface area contributed by atoms with Gasteiger partial charge in [-0.05, 0) is 36.2 Å². The predicted octanol–water partition coefficient (Wildman–Crippen LogP) is 4.62. The summed E-state index contributed by atoms with van der Waals surface area (Å²) in [4.78, 5) is 6.70. The zero-order chi connectivity index (χ0) is 16.5. The van der Waals surface area contributed by atoms with Gasteiger partial charge in [-0.25, -0.2) is 0 Å². The van der Waals surface area contributed by atoms with Crippen molar-refractivity contribution in [3.05, 3.63) is 64.3 Å². The summed E-state index contributed by atoms with van der Waals surface area (Å²) < 4.78 is 0. The summed E-state index contributed by atoms with van der Waals surface area (Å²) in [5, 5.41) is 12.3. The van der Waals surface area contributed by atoms with Crippen LogP contribution in [0.4, 0.5) is 23.1 Å². The van der Waals surface area contributed by atoms with Crippen molar-refractivity contribution in [3.63, 3.8) is 0 Å². The largest absolute Gasteiger partial charge is 0.324 e. The monoisotopic (exact) mass is 357 g/mol. The predicted molar refractivity (Wildman–Crippen MR) is 96.7 cm³/mol. The van der Waals surface area contributed by atoms with Crippen LogP contribution in [0.1, 0.15) is 5.56 Å². The fraction of sp³-hybridized carbons (Fsp3) is 0.118. The van der Waals surface area contributed by atoms with Gasteiger partial charge < -0.3 is 10.2 Å². The molecule has 1 aliphatic heterocycles. The van der Waals surface area contributed by atoms with E-state index < -0.39 is 0 Å². The van der Waals surface area contributed by atoms with E-state index in [1.54, 1.807) is 24.4 Å². The van der Waals surface area contributed by atoms with Crippen LogP contribution in [-0.2, 0) is 6.42 Å². The lowest BCUT2D eigenvalue weighted by Gasteiger charge is -2.18. The molecule has 120 valence electrons. The van der Waals surface area contributed by atoms with Crippen LogP contribution in [0.3, 0.4) is 0 Å². The molecular weight excluding hydrogens is 345 g/mol. The molecule has 7 heteroatoms. The minimum atomic E-state index is 0.390. The number of halogens is 2. The normalized spacial score (nSPS) is 13.0. The third-order valence-corrected chi connectivity index (χ3v) is 4.44. The first-order valence-corrected chi connectivity index (χ1v) is 8.23. The minimum Gasteiger partial charge on any atom is -0.324 e. The number of rotatable bonds is 3. The van der Waals surface area contributed by atoms with E-state index in [4.69, 9.17) is 23.2 Å². The molecule has 0 atom stereocenters. The second kappa shape index (κ2) is 6.26. The quantitative estimate of drug-likeness (QED) is 0.741. The Balaban J connectivity index is 1.63. The van der Waals surface area contributed by atoms with Crippen molar-refractivity contribution in [2.45, 2.75) is 6.42 Å². The van der Waals surface area contributed by atoms with Gasteiger partial charge in [0.15, 0.2) is 5.82 Å². The van der Waals surface area contributed by atoms with Gasteiger partial charge in [0.25, 0.3) is 0 Å². The summed E-state index contributed by atoms with van der Waals surface area (Å²) in [5.41, 5.74) is 3.15. The van der Waals surface area contributed by atoms with Crippen LogP contribution in [0.5, 0.6) is 0 Å². The maximum atomic E-state index is 6.18. The van der Waals surface area contributed by atoms with E-state index in [2.05, 4.69) is 43.6 Å². The van der Waals surface area contributed by atoms with E-state index in [9.17, 15) is 0 Å². The summed E-state index contributed by atoms with van der Waals surface area (Å²) in [5.74, 6) is 1.14. The van der Waals surface area contributed by atoms with Crippen molar-refractivity contribution in [3.8, 4) is 0 Å². The lowest BCUT2D eigenvalue weighted by Crippen LogP contribution is -2.16. The molecule has 0 aliphatic carbocycles. The molecule has 0 unspecified atom stereocenters. The highest BCUT2D eigenvalue weighted by atomic mass is 35.5. The van der Waals surface area contributed by atoms with E-state index in [0.29, 0.717) is 21.7 Å². The first-order valence-electron chi connectivity index (χ1n) is 7.48. The van der Waals surface area contributed by atoms with Gasteiger partial charge in [-0.2, -0.15) is 10.1 Å². The van der Waals surface area contributed by atoms with Crippen LogP contribution in [0.2, 0.25) is 10.0 Å². The number of hydrogen-bond acceptors (Lipinski definition) is 5. The molecule has 0 fully saturated rings. The molecule has 1 aromatic heterocycles. The third-order valence-electron chi connectivity index (χ3n) is 3.89. The van der Waals surface area contributed by atoms with Gasteiger partial charge >= 0.3 is 0 Å². The molecule has 24 heavy (non-hydrogen) atoms. The van der Waals surface area contributed by atoms with Gasteiger partial charge in [0.05, 0.1) is 16.9 Å². The maximum absolute atomic E-state index is 6.18. The smallest absolute Gasteiger partial charge is 0.249 e. The molecule has 0 saturated carbocycles. The van der Waals surface area contributed by atoms with Crippen LogP contribution in [0.15, 0.2) is 48.7 Å². The molecule has 4 rings (SSSR count). The Bertz CT molecular complexity index is 900. The van der Waals surface area contributed by atoms with E-state index >= 15 is 0 Å². The minimum absolute atomic E-state index is 0.390. The highest BCUT2D eigenvalue weighted by Gasteiger charge is 2.21. The molecule has 0 radical (unpaired) electrons. The first-order chi connectivity index (χ1) is 11.7. The van der Waals surface area contributed by atoms with Crippen LogP contribution in [-0.4, -0.2) is 21.7 Å². The van der Waals surface area contributed by atoms with Crippen molar-refractivity contribution in [2.24, 2.45) is 0 Å². The van der Waals surface area contributed by atoms with Crippen molar-refractivity contribution in [1.29, 1.82) is 0 Å². The van der Waals surface area contributed by atoms with Gasteiger partial charge in [0.2, 0.25) is 5.95 Å². The lowest BCUT2D eigenvalue weighted by molar-refractivity contribution is 0.920. The second-order valence-electron chi connectivity index (χ2n) is 5.42. The van der Waals surface area contributed by atoms with Gasteiger partial charge in [0.1, 0.15) is 0 Å². The van der Waals surface area contributed by atoms with E-state index in [1.807, 2.05) is 6.07 Å². The van der Waals surface area contributed by atoms with Crippen LogP contribution < -0.4 is 10.2 Å². The number of nitrogens with zero attached hydrogens (tertiary/aromatic N) is 4. The van der Waals surface area contributed by atoms with E-state index in [0.717, 1.165) is 24.5 Å². The van der Waals surface area contributed by atoms with Gasteiger partial charge in [-0.15, -0.1) is 5.10 Å². The average Bonchev–Trinajstić information content (AvgIpc) is 3.02. The highest BCUT2D eigenvalue weighted by molar-refractivity contribution is 6.36. The van der Waals surface area contributed by atoms with E-state index in [-0.39, 0.29) is 0 Å². The fourth-order valence-corrected chi connectivity index (χ4v) is 3.22. The number of fused-ring (bicyclic) bond motifs is 1. The average molecular weight is 358 g/mol. The zero-order valence-electron chi connectivity index (χ0n) is 12.6. The zero-order valence-corrected chi connectivity index (χ0v) is 14.1. The summed E-state index contributed by atoms with van der Waals surface area (Å²) in [6, 6.07) is 13.5. The van der Waals surface area contributed by atoms with E-state index in [1.165, 1.54) is 5.56 Å². The summed E-state index contributed by atoms with van der Waals surface area (Å²) in [6.45, 7) is 0.874. The van der Waals surface area contributed by atoms with Crippen LogP contribution >= 0.6 is 23.2 Å². The Labute approximate surface area is 149 Å². The number of hydrogen-bond donors (Lipinski definition) is 1. The Kier molecular flexibility index (Phi) is 3.96. The van der Waals surface area contributed by atoms with Crippen LogP contribution in [0.25, 0.3) is 0 Å². The number of aromatic nitrogens is 3. The summed E-state index contributed by atoms with van der Waals surface area (Å²) in [6.07, 6.45) is 2.66. The van der Waals surface area contributed by atoms with Gasteiger partial charge in [-0.3, -0.25) is 0 Å². The SMILES string of the molecule is Clc1ccc(Nc2nncc(N3CCc4ccccc43)n2)c(Cl)c1. The molecule has 1 N–H and O–H groups in total. The Morgan fingerprint density at radius 2 is 1.96 bits per heavy atom. The van der Waals surface area contributed by atoms with Crippen LogP contribution in [0, 0.1) is 0 Å². The molecule has 0 amide bonds. The molecular formula is C17H13Cl2N5. The Morgan fingerprint density at radius 3 is 2.83 bits per heavy atom. The Morgan fingerprint density at radius 1 is 1.08 bits per heavy atom. The molecule has 2 heterocycles. The number of benzene rings is 2. The molecule has 3 aromatic rings. The molecule has 1 aliphatic rings. The molecule has 0 saturated heterocycles. The second-order valence-corrected chi connectivity index (χ2v) is 6.26. The van der Waals surface area contributed by atoms with Gasteiger partial charge in [-0.1, -0.05) is 41.4 Å². The molecule has 5 nitrogen and oxygen atoms in total. The summed E-state index contributed by atoms with van der Waals surface area (Å²) >= 11 is 12.1. The van der Waals surface area contributed by atoms with Gasteiger partial charge in [0, 0.05) is 17.3 Å². The first kappa shape index (κ1) is 15.2. The third kappa shape index (κ3) is 2.88. The topological polar surface area (TPSA) is 53.9 Å². The number of anilines is 4. The van der Waals surface area contributed by atoms with Crippen molar-refractivity contribution in [1.82, 2.24) is 15.2 Å². The van der Waals surface area contributed by atoms with Crippen molar-refractivity contribution >= 4 is 46.3 Å². The standard InChI is InChI=1S/C17H13Cl2N5/c18-12-5-6-14(13(19)9-12)21-17-22-16(10-20-23-17)24-8-7-11-3-1-2-4-15(11)24/h1-6,9-10H,7-8H2,(H,21,22,23).